The van der Waals surface area contributed by atoms with Crippen LogP contribution in [0.4, 0.5) is 13.2 Å². The Balaban J connectivity index is 2.30. The van der Waals surface area contributed by atoms with Gasteiger partial charge in [-0.05, 0) is 25.5 Å². The molecule has 0 spiro atoms. The number of amides is 1. The summed E-state index contributed by atoms with van der Waals surface area (Å²) in [7, 11) is 2.69. The number of halogens is 4. The van der Waals surface area contributed by atoms with E-state index in [9.17, 15) is 18.0 Å². The molecule has 1 heterocycles. The summed E-state index contributed by atoms with van der Waals surface area (Å²) in [6.07, 6.45) is -4.93. The van der Waals surface area contributed by atoms with Crippen molar-refractivity contribution in [1.29, 1.82) is 10.8 Å². The van der Waals surface area contributed by atoms with Crippen LogP contribution in [0.25, 0.3) is 0 Å². The predicted molar refractivity (Wildman–Crippen MR) is 110 cm³/mol. The van der Waals surface area contributed by atoms with Crippen molar-refractivity contribution >= 4 is 35.0 Å². The molecule has 0 aromatic heterocycles. The monoisotopic (exact) mass is 459 g/mol. The molecule has 0 saturated heterocycles. The fourth-order valence-electron chi connectivity index (χ4n) is 3.09. The van der Waals surface area contributed by atoms with Crippen LogP contribution >= 0.6 is 11.6 Å². The molecule has 168 valence electrons. The lowest BCUT2D eigenvalue weighted by atomic mass is 9.94. The number of nitrogens with two attached hydrogens (primary N) is 1. The minimum Gasteiger partial charge on any atom is -0.495 e. The van der Waals surface area contributed by atoms with Gasteiger partial charge in [0, 0.05) is 24.9 Å². The lowest BCUT2D eigenvalue weighted by Crippen LogP contribution is -2.47. The van der Waals surface area contributed by atoms with E-state index in [-0.39, 0.29) is 40.5 Å². The van der Waals surface area contributed by atoms with E-state index in [0.717, 1.165) is 0 Å². The Kier molecular flexibility index (Phi) is 7.32. The molecule has 0 unspecified atom stereocenters. The molecule has 12 heteroatoms. The van der Waals surface area contributed by atoms with Crippen molar-refractivity contribution in [2.24, 2.45) is 10.7 Å². The first kappa shape index (κ1) is 24.2. The van der Waals surface area contributed by atoms with Gasteiger partial charge in [-0.1, -0.05) is 17.7 Å². The quantitative estimate of drug-likeness (QED) is 0.471. The summed E-state index contributed by atoms with van der Waals surface area (Å²) >= 11 is 6.24. The van der Waals surface area contributed by atoms with Crippen LogP contribution in [0.3, 0.4) is 0 Å². The van der Waals surface area contributed by atoms with Gasteiger partial charge in [0.05, 0.1) is 23.7 Å². The number of carbonyl (C=O) groups excluding carboxylic acids is 1. The number of alkyl halides is 3. The van der Waals surface area contributed by atoms with Crippen LogP contribution in [0.1, 0.15) is 23.7 Å². The van der Waals surface area contributed by atoms with E-state index in [1.807, 2.05) is 0 Å². The van der Waals surface area contributed by atoms with Gasteiger partial charge in [-0.25, -0.2) is 0 Å². The molecule has 0 saturated carbocycles. The zero-order chi connectivity index (χ0) is 23.5. The number of nitrogens with zero attached hydrogens (tertiary/aromatic N) is 2. The number of hydrogen-bond donors (Lipinski definition) is 3. The molecule has 8 nitrogen and oxygen atoms in total. The average Bonchev–Trinajstić information content (AvgIpc) is 2.70. The lowest BCUT2D eigenvalue weighted by Gasteiger charge is -2.36. The molecule has 31 heavy (non-hydrogen) atoms. The van der Waals surface area contributed by atoms with E-state index in [1.165, 1.54) is 19.1 Å². The van der Waals surface area contributed by atoms with Crippen molar-refractivity contribution in [2.75, 3.05) is 20.7 Å². The molecule has 1 atom stereocenters. The molecule has 1 aromatic rings. The normalized spacial score (nSPS) is 17.5. The Morgan fingerprint density at radius 1 is 1.35 bits per heavy atom. The molecule has 1 aliphatic rings. The van der Waals surface area contributed by atoms with Gasteiger partial charge in [-0.2, -0.15) is 13.2 Å². The summed E-state index contributed by atoms with van der Waals surface area (Å²) in [6.45, 7) is 1.78. The highest BCUT2D eigenvalue weighted by atomic mass is 35.5. The molecule has 0 aliphatic carbocycles. The largest absolute Gasteiger partial charge is 0.495 e. The molecule has 0 bridgehead atoms. The topological polar surface area (TPSA) is 125 Å². The van der Waals surface area contributed by atoms with Crippen molar-refractivity contribution in [3.05, 3.63) is 40.1 Å². The molecule has 1 aromatic carbocycles. The fourth-order valence-corrected chi connectivity index (χ4v) is 3.38. The molecular formula is C19H21ClF3N5O3. The minimum absolute atomic E-state index is 0.112. The number of rotatable bonds is 4. The van der Waals surface area contributed by atoms with E-state index in [0.29, 0.717) is 5.75 Å². The van der Waals surface area contributed by atoms with Crippen LogP contribution in [0.2, 0.25) is 5.02 Å². The maximum absolute atomic E-state index is 13.0. The minimum atomic E-state index is -5.04. The number of benzene rings is 1. The van der Waals surface area contributed by atoms with E-state index < -0.39 is 29.9 Å². The third-order valence-electron chi connectivity index (χ3n) is 4.73. The van der Waals surface area contributed by atoms with E-state index in [1.54, 1.807) is 25.1 Å². The molecule has 0 radical (unpaired) electrons. The van der Waals surface area contributed by atoms with Gasteiger partial charge in [0.25, 0.3) is 11.8 Å². The first-order chi connectivity index (χ1) is 14.4. The highest BCUT2D eigenvalue weighted by molar-refractivity contribution is 6.45. The standard InChI is InChI=1S/C19H21ClF3N5O3/c1-9-14(24)11(15(27-2)16(25)31-18(26)19(21,22)23)7-8-28(9)17(29)10-5-4-6-12(30-3)13(10)20/h4-6,9,25-26H,7-8,24H2,1-3H3/t9-/m0/s1. The first-order valence-corrected chi connectivity index (χ1v) is 9.33. The summed E-state index contributed by atoms with van der Waals surface area (Å²) in [5.41, 5.74) is 6.58. The molecule has 1 aliphatic heterocycles. The first-order valence-electron chi connectivity index (χ1n) is 8.95. The van der Waals surface area contributed by atoms with Crippen molar-refractivity contribution in [2.45, 2.75) is 25.6 Å². The third-order valence-corrected chi connectivity index (χ3v) is 5.12. The number of carbonyl (C=O) groups is 1. The number of aliphatic imine (C=N–C) groups is 1. The van der Waals surface area contributed by atoms with Crippen LogP contribution in [0, 0.1) is 10.8 Å². The highest BCUT2D eigenvalue weighted by Gasteiger charge is 2.39. The van der Waals surface area contributed by atoms with Gasteiger partial charge < -0.3 is 20.1 Å². The SMILES string of the molecule is CN=C(C(=N)OC(=N)C(F)(F)F)C1=C(N)[C@H](C)N(C(=O)c2cccc(OC)c2Cl)CC1. The van der Waals surface area contributed by atoms with Gasteiger partial charge >= 0.3 is 6.18 Å². The van der Waals surface area contributed by atoms with Crippen molar-refractivity contribution < 1.29 is 27.4 Å². The summed E-state index contributed by atoms with van der Waals surface area (Å²) in [6, 6.07) is 4.11. The van der Waals surface area contributed by atoms with Crippen LogP contribution in [0.15, 0.2) is 34.5 Å². The predicted octanol–water partition coefficient (Wildman–Crippen LogP) is 3.40. The van der Waals surface area contributed by atoms with Crippen LogP contribution in [-0.2, 0) is 4.74 Å². The second-order valence-electron chi connectivity index (χ2n) is 6.51. The summed E-state index contributed by atoms with van der Waals surface area (Å²) in [5.74, 6) is -3.06. The lowest BCUT2D eigenvalue weighted by molar-refractivity contribution is -0.0726. The van der Waals surface area contributed by atoms with Crippen LogP contribution in [-0.4, -0.2) is 61.2 Å². The third kappa shape index (κ3) is 4.98. The second-order valence-corrected chi connectivity index (χ2v) is 6.89. The zero-order valence-electron chi connectivity index (χ0n) is 16.9. The van der Waals surface area contributed by atoms with E-state index in [4.69, 9.17) is 32.9 Å². The Morgan fingerprint density at radius 2 is 2.00 bits per heavy atom. The maximum Gasteiger partial charge on any atom is 0.468 e. The molecule has 1 amide bonds. The van der Waals surface area contributed by atoms with Gasteiger partial charge in [-0.3, -0.25) is 20.6 Å². The molecule has 0 fully saturated rings. The Morgan fingerprint density at radius 3 is 2.55 bits per heavy atom. The van der Waals surface area contributed by atoms with Gasteiger partial charge in [0.15, 0.2) is 0 Å². The van der Waals surface area contributed by atoms with Gasteiger partial charge in [0.1, 0.15) is 11.5 Å². The summed E-state index contributed by atoms with van der Waals surface area (Å²) < 4.78 is 47.1. The van der Waals surface area contributed by atoms with Crippen LogP contribution < -0.4 is 10.5 Å². The van der Waals surface area contributed by atoms with Crippen molar-refractivity contribution in [3.8, 4) is 5.75 Å². The number of hydrogen-bond acceptors (Lipinski definition) is 7. The van der Waals surface area contributed by atoms with E-state index >= 15 is 0 Å². The molecule has 4 N–H and O–H groups in total. The Labute approximate surface area is 181 Å². The summed E-state index contributed by atoms with van der Waals surface area (Å²) in [5, 5.41) is 14.9. The average molecular weight is 460 g/mol. The number of methoxy groups -OCH3 is 1. The maximum atomic E-state index is 13.0. The van der Waals surface area contributed by atoms with Crippen molar-refractivity contribution in [3.63, 3.8) is 0 Å². The van der Waals surface area contributed by atoms with E-state index in [2.05, 4.69) is 9.73 Å². The molecule has 2 rings (SSSR count). The van der Waals surface area contributed by atoms with Gasteiger partial charge in [0.2, 0.25) is 5.90 Å². The Bertz CT molecular complexity index is 975. The second kappa shape index (κ2) is 9.38. The smallest absolute Gasteiger partial charge is 0.468 e. The number of nitrogens with one attached hydrogen (secondary N) is 2. The fraction of sp³-hybridized carbons (Fsp3) is 0.368. The van der Waals surface area contributed by atoms with Gasteiger partial charge in [-0.15, -0.1) is 0 Å². The Hall–Kier alpha value is -3.08. The van der Waals surface area contributed by atoms with Crippen molar-refractivity contribution in [1.82, 2.24) is 4.90 Å². The van der Waals surface area contributed by atoms with Crippen LogP contribution in [0.5, 0.6) is 5.75 Å². The highest BCUT2D eigenvalue weighted by Crippen LogP contribution is 2.31. The number of ether oxygens (including phenoxy) is 2. The molecular weight excluding hydrogens is 439 g/mol. The summed E-state index contributed by atoms with van der Waals surface area (Å²) in [4.78, 5) is 18.3. The zero-order valence-corrected chi connectivity index (χ0v) is 17.7.